The molecule has 1 aliphatic heterocycles. The lowest BCUT2D eigenvalue weighted by atomic mass is 10.1. The van der Waals surface area contributed by atoms with Crippen molar-refractivity contribution in [2.45, 2.75) is 6.42 Å². The predicted octanol–water partition coefficient (Wildman–Crippen LogP) is 2.69. The molecule has 1 aliphatic rings. The fraction of sp³-hybridized carbons (Fsp3) is 0.167. The Labute approximate surface area is 143 Å². The van der Waals surface area contributed by atoms with Crippen LogP contribution in [-0.4, -0.2) is 29.3 Å². The van der Waals surface area contributed by atoms with Crippen LogP contribution in [0.5, 0.6) is 11.5 Å². The Kier molecular flexibility index (Phi) is 4.04. The molecular formula is C18H15N3O4. The van der Waals surface area contributed by atoms with Crippen LogP contribution in [0, 0.1) is 0 Å². The zero-order valence-electron chi connectivity index (χ0n) is 13.3. The van der Waals surface area contributed by atoms with Crippen molar-refractivity contribution in [1.82, 2.24) is 10.2 Å². The third-order valence-corrected chi connectivity index (χ3v) is 3.66. The molecule has 0 atom stereocenters. The molecule has 25 heavy (non-hydrogen) atoms. The minimum Gasteiger partial charge on any atom is -0.486 e. The molecule has 0 aliphatic carbocycles. The number of carbonyl (C=O) groups is 1. The van der Waals surface area contributed by atoms with Crippen molar-refractivity contribution in [3.8, 4) is 23.0 Å². The van der Waals surface area contributed by atoms with Crippen LogP contribution in [0.2, 0.25) is 0 Å². The third-order valence-electron chi connectivity index (χ3n) is 3.66. The van der Waals surface area contributed by atoms with Gasteiger partial charge in [-0.1, -0.05) is 29.4 Å². The average Bonchev–Trinajstić information content (AvgIpc) is 3.10. The second-order valence-corrected chi connectivity index (χ2v) is 5.48. The maximum atomic E-state index is 12.2. The lowest BCUT2D eigenvalue weighted by Gasteiger charge is -2.18. The Morgan fingerprint density at radius 2 is 1.80 bits per heavy atom. The van der Waals surface area contributed by atoms with Gasteiger partial charge in [-0.2, -0.15) is 0 Å². The Hall–Kier alpha value is -3.35. The Morgan fingerprint density at radius 1 is 1.00 bits per heavy atom. The van der Waals surface area contributed by atoms with Gasteiger partial charge < -0.3 is 13.9 Å². The fourth-order valence-corrected chi connectivity index (χ4v) is 2.52. The van der Waals surface area contributed by atoms with Gasteiger partial charge in [-0.25, -0.2) is 0 Å². The first-order valence-electron chi connectivity index (χ1n) is 7.85. The van der Waals surface area contributed by atoms with Gasteiger partial charge in [0.2, 0.25) is 11.8 Å². The third kappa shape index (κ3) is 3.45. The highest BCUT2D eigenvalue weighted by atomic mass is 16.6. The second kappa shape index (κ2) is 6.64. The topological polar surface area (TPSA) is 86.5 Å². The molecule has 0 saturated carbocycles. The van der Waals surface area contributed by atoms with Crippen LogP contribution in [0.4, 0.5) is 6.01 Å². The molecule has 0 radical (unpaired) electrons. The van der Waals surface area contributed by atoms with E-state index in [0.717, 1.165) is 11.1 Å². The van der Waals surface area contributed by atoms with E-state index in [1.165, 1.54) is 0 Å². The highest BCUT2D eigenvalue weighted by Gasteiger charge is 2.15. The van der Waals surface area contributed by atoms with E-state index in [2.05, 4.69) is 15.5 Å². The molecule has 1 aromatic heterocycles. The second-order valence-electron chi connectivity index (χ2n) is 5.48. The molecule has 2 aromatic carbocycles. The average molecular weight is 337 g/mol. The summed E-state index contributed by atoms with van der Waals surface area (Å²) >= 11 is 0. The highest BCUT2D eigenvalue weighted by molar-refractivity contribution is 5.90. The SMILES string of the molecule is O=C(Cc1ccc2c(c1)OCCO2)Nc1nnc(-c2ccccc2)o1. The standard InChI is InChI=1S/C18H15N3O4/c22-16(11-12-6-7-14-15(10-12)24-9-8-23-14)19-18-21-20-17(25-18)13-4-2-1-3-5-13/h1-7,10H,8-9,11H2,(H,19,21,22). The van der Waals surface area contributed by atoms with Crippen molar-refractivity contribution in [3.63, 3.8) is 0 Å². The molecule has 2 heterocycles. The van der Waals surface area contributed by atoms with Crippen LogP contribution in [-0.2, 0) is 11.2 Å². The van der Waals surface area contributed by atoms with Crippen molar-refractivity contribution in [2.75, 3.05) is 18.5 Å². The monoisotopic (exact) mass is 337 g/mol. The summed E-state index contributed by atoms with van der Waals surface area (Å²) in [4.78, 5) is 12.2. The Bertz CT molecular complexity index is 892. The summed E-state index contributed by atoms with van der Waals surface area (Å²) in [5, 5.41) is 10.4. The van der Waals surface area contributed by atoms with Crippen LogP contribution in [0.15, 0.2) is 52.9 Å². The highest BCUT2D eigenvalue weighted by Crippen LogP contribution is 2.31. The van der Waals surface area contributed by atoms with Gasteiger partial charge in [-0.3, -0.25) is 10.1 Å². The summed E-state index contributed by atoms with van der Waals surface area (Å²) in [6.45, 7) is 1.04. The number of nitrogens with one attached hydrogen (secondary N) is 1. The number of ether oxygens (including phenoxy) is 2. The molecule has 0 unspecified atom stereocenters. The van der Waals surface area contributed by atoms with Crippen molar-refractivity contribution in [1.29, 1.82) is 0 Å². The number of hydrogen-bond donors (Lipinski definition) is 1. The fourth-order valence-electron chi connectivity index (χ4n) is 2.52. The number of rotatable bonds is 4. The minimum absolute atomic E-state index is 0.0707. The molecule has 7 heteroatoms. The maximum Gasteiger partial charge on any atom is 0.322 e. The van der Waals surface area contributed by atoms with Gasteiger partial charge in [-0.05, 0) is 29.8 Å². The van der Waals surface area contributed by atoms with E-state index < -0.39 is 0 Å². The van der Waals surface area contributed by atoms with Gasteiger partial charge in [0.25, 0.3) is 0 Å². The smallest absolute Gasteiger partial charge is 0.322 e. The van der Waals surface area contributed by atoms with Gasteiger partial charge in [0.15, 0.2) is 11.5 Å². The summed E-state index contributed by atoms with van der Waals surface area (Å²) in [5.41, 5.74) is 1.60. The molecule has 0 saturated heterocycles. The lowest BCUT2D eigenvalue weighted by molar-refractivity contribution is -0.115. The first kappa shape index (κ1) is 15.2. The summed E-state index contributed by atoms with van der Waals surface area (Å²) in [7, 11) is 0. The quantitative estimate of drug-likeness (QED) is 0.788. The number of aromatic nitrogens is 2. The largest absolute Gasteiger partial charge is 0.486 e. The van der Waals surface area contributed by atoms with Crippen LogP contribution in [0.25, 0.3) is 11.5 Å². The minimum atomic E-state index is -0.250. The van der Waals surface area contributed by atoms with Crippen LogP contribution < -0.4 is 14.8 Å². The number of carbonyl (C=O) groups excluding carboxylic acids is 1. The van der Waals surface area contributed by atoms with E-state index in [1.807, 2.05) is 36.4 Å². The van der Waals surface area contributed by atoms with Gasteiger partial charge in [0.05, 0.1) is 6.42 Å². The van der Waals surface area contributed by atoms with Gasteiger partial charge in [0.1, 0.15) is 13.2 Å². The number of nitrogens with zero attached hydrogens (tertiary/aromatic N) is 2. The number of fused-ring (bicyclic) bond motifs is 1. The molecule has 7 nitrogen and oxygen atoms in total. The number of anilines is 1. The van der Waals surface area contributed by atoms with E-state index in [1.54, 1.807) is 12.1 Å². The number of hydrogen-bond acceptors (Lipinski definition) is 6. The molecule has 1 amide bonds. The van der Waals surface area contributed by atoms with E-state index >= 15 is 0 Å². The lowest BCUT2D eigenvalue weighted by Crippen LogP contribution is -2.17. The van der Waals surface area contributed by atoms with Crippen LogP contribution in [0.3, 0.4) is 0 Å². The van der Waals surface area contributed by atoms with E-state index in [0.29, 0.717) is 30.6 Å². The van der Waals surface area contributed by atoms with Crippen LogP contribution >= 0.6 is 0 Å². The van der Waals surface area contributed by atoms with Gasteiger partial charge in [0, 0.05) is 5.56 Å². The zero-order chi connectivity index (χ0) is 17.1. The molecule has 1 N–H and O–H groups in total. The van der Waals surface area contributed by atoms with E-state index in [9.17, 15) is 4.79 Å². The van der Waals surface area contributed by atoms with Crippen molar-refractivity contribution < 1.29 is 18.7 Å². The van der Waals surface area contributed by atoms with Crippen molar-refractivity contribution in [3.05, 3.63) is 54.1 Å². The maximum absolute atomic E-state index is 12.2. The Balaban J connectivity index is 1.42. The molecule has 126 valence electrons. The Morgan fingerprint density at radius 3 is 2.64 bits per heavy atom. The molecule has 4 rings (SSSR count). The molecular weight excluding hydrogens is 322 g/mol. The summed E-state index contributed by atoms with van der Waals surface area (Å²) < 4.78 is 16.5. The van der Waals surface area contributed by atoms with E-state index in [4.69, 9.17) is 13.9 Å². The van der Waals surface area contributed by atoms with Crippen molar-refractivity contribution in [2.24, 2.45) is 0 Å². The predicted molar refractivity (Wildman–Crippen MR) is 89.5 cm³/mol. The molecule has 3 aromatic rings. The first-order valence-corrected chi connectivity index (χ1v) is 7.85. The van der Waals surface area contributed by atoms with Crippen LogP contribution in [0.1, 0.15) is 5.56 Å². The van der Waals surface area contributed by atoms with E-state index in [-0.39, 0.29) is 18.3 Å². The first-order chi connectivity index (χ1) is 12.3. The molecule has 0 spiro atoms. The summed E-state index contributed by atoms with van der Waals surface area (Å²) in [5.74, 6) is 1.45. The normalized spacial score (nSPS) is 12.6. The van der Waals surface area contributed by atoms with Gasteiger partial charge in [-0.15, -0.1) is 5.10 Å². The number of benzene rings is 2. The molecule has 0 bridgehead atoms. The molecule has 0 fully saturated rings. The summed E-state index contributed by atoms with van der Waals surface area (Å²) in [6.07, 6.45) is 0.166. The van der Waals surface area contributed by atoms with Gasteiger partial charge >= 0.3 is 6.01 Å². The number of amides is 1. The summed E-state index contributed by atoms with van der Waals surface area (Å²) in [6, 6.07) is 14.9. The zero-order valence-corrected chi connectivity index (χ0v) is 13.3. The van der Waals surface area contributed by atoms with Crippen molar-refractivity contribution >= 4 is 11.9 Å².